The number of benzene rings is 1. The van der Waals surface area contributed by atoms with Gasteiger partial charge in [0, 0.05) is 34.0 Å². The Labute approximate surface area is 163 Å². The zero-order valence-electron chi connectivity index (χ0n) is 14.9. The molecule has 2 aromatic rings. The van der Waals surface area contributed by atoms with Crippen LogP contribution in [0.15, 0.2) is 24.3 Å². The first kappa shape index (κ1) is 20.2. The Morgan fingerprint density at radius 1 is 1.20 bits per heavy atom. The summed E-state index contributed by atoms with van der Waals surface area (Å²) in [5.74, 6) is 0.585. The fourth-order valence-corrected chi connectivity index (χ4v) is 4.00. The Morgan fingerprint density at radius 3 is 2.48 bits per heavy atom. The molecule has 0 unspecified atom stereocenters. The smallest absolute Gasteiger partial charge is 0.226 e. The lowest BCUT2D eigenvalue weighted by molar-refractivity contribution is -0.116. The number of anilines is 1. The SMILES string of the molecule is CC(C)(C)c1nc(NC(=O)CCCCCl)sc1Cc1ccc(Cl)cc1. The highest BCUT2D eigenvalue weighted by Gasteiger charge is 2.24. The minimum atomic E-state index is -0.0835. The van der Waals surface area contributed by atoms with E-state index in [2.05, 4.69) is 26.1 Å². The van der Waals surface area contributed by atoms with Gasteiger partial charge >= 0.3 is 0 Å². The largest absolute Gasteiger partial charge is 0.302 e. The molecule has 0 saturated carbocycles. The predicted molar refractivity (Wildman–Crippen MR) is 108 cm³/mol. The van der Waals surface area contributed by atoms with E-state index in [9.17, 15) is 4.79 Å². The monoisotopic (exact) mass is 398 g/mol. The van der Waals surface area contributed by atoms with Crippen LogP contribution in [0.1, 0.15) is 56.2 Å². The minimum Gasteiger partial charge on any atom is -0.302 e. The number of aromatic nitrogens is 1. The summed E-state index contributed by atoms with van der Waals surface area (Å²) in [7, 11) is 0. The van der Waals surface area contributed by atoms with Crippen molar-refractivity contribution in [2.75, 3.05) is 11.2 Å². The maximum absolute atomic E-state index is 12.1. The van der Waals surface area contributed by atoms with Crippen molar-refractivity contribution in [3.8, 4) is 0 Å². The lowest BCUT2D eigenvalue weighted by atomic mass is 9.90. The average molecular weight is 399 g/mol. The molecule has 0 atom stereocenters. The molecular formula is C19H24Cl2N2OS. The number of carbonyl (C=O) groups is 1. The lowest BCUT2D eigenvalue weighted by Crippen LogP contribution is -2.15. The van der Waals surface area contributed by atoms with E-state index in [1.807, 2.05) is 24.3 Å². The van der Waals surface area contributed by atoms with Gasteiger partial charge in [-0.3, -0.25) is 4.79 Å². The topological polar surface area (TPSA) is 42.0 Å². The van der Waals surface area contributed by atoms with Gasteiger partial charge in [0.25, 0.3) is 0 Å². The number of hydrogen-bond acceptors (Lipinski definition) is 3. The molecule has 2 rings (SSSR count). The molecule has 3 nitrogen and oxygen atoms in total. The summed E-state index contributed by atoms with van der Waals surface area (Å²) in [5, 5.41) is 4.33. The summed E-state index contributed by atoms with van der Waals surface area (Å²) in [6.45, 7) is 6.42. The maximum Gasteiger partial charge on any atom is 0.226 e. The number of amides is 1. The number of rotatable bonds is 7. The van der Waals surface area contributed by atoms with Gasteiger partial charge in [-0.2, -0.15) is 0 Å². The highest BCUT2D eigenvalue weighted by molar-refractivity contribution is 7.15. The third-order valence-electron chi connectivity index (χ3n) is 3.72. The van der Waals surface area contributed by atoms with E-state index in [1.54, 1.807) is 11.3 Å². The lowest BCUT2D eigenvalue weighted by Gasteiger charge is -2.17. The zero-order chi connectivity index (χ0) is 18.4. The first-order valence-electron chi connectivity index (χ1n) is 8.40. The second-order valence-electron chi connectivity index (χ2n) is 7.04. The molecule has 0 fully saturated rings. The van der Waals surface area contributed by atoms with Crippen LogP contribution in [0.5, 0.6) is 0 Å². The summed E-state index contributed by atoms with van der Waals surface area (Å²) in [4.78, 5) is 17.9. The molecule has 0 saturated heterocycles. The molecule has 6 heteroatoms. The van der Waals surface area contributed by atoms with Gasteiger partial charge in [0.1, 0.15) is 0 Å². The molecule has 0 radical (unpaired) electrons. The highest BCUT2D eigenvalue weighted by atomic mass is 35.5. The summed E-state index contributed by atoms with van der Waals surface area (Å²) in [6, 6.07) is 7.85. The zero-order valence-corrected chi connectivity index (χ0v) is 17.2. The first-order chi connectivity index (χ1) is 11.8. The van der Waals surface area contributed by atoms with Crippen LogP contribution < -0.4 is 5.32 Å². The molecule has 0 aliphatic carbocycles. The minimum absolute atomic E-state index is 0.00244. The Morgan fingerprint density at radius 2 is 1.88 bits per heavy atom. The second kappa shape index (κ2) is 9.02. The van der Waals surface area contributed by atoms with Crippen LogP contribution in [0.4, 0.5) is 5.13 Å². The third-order valence-corrected chi connectivity index (χ3v) is 5.21. The van der Waals surface area contributed by atoms with Gasteiger partial charge < -0.3 is 5.32 Å². The van der Waals surface area contributed by atoms with Crippen molar-refractivity contribution < 1.29 is 4.79 Å². The average Bonchev–Trinajstić information content (AvgIpc) is 2.92. The van der Waals surface area contributed by atoms with E-state index in [0.717, 1.165) is 30.0 Å². The van der Waals surface area contributed by atoms with Crippen molar-refractivity contribution in [1.29, 1.82) is 0 Å². The molecule has 136 valence electrons. The molecule has 1 aromatic heterocycles. The fourth-order valence-electron chi connectivity index (χ4n) is 2.46. The molecule has 25 heavy (non-hydrogen) atoms. The molecule has 0 spiro atoms. The Balaban J connectivity index is 2.16. The van der Waals surface area contributed by atoms with Crippen molar-refractivity contribution in [2.45, 2.75) is 51.9 Å². The third kappa shape index (κ3) is 6.28. The molecule has 0 bridgehead atoms. The normalized spacial score (nSPS) is 11.6. The van der Waals surface area contributed by atoms with Crippen molar-refractivity contribution in [1.82, 2.24) is 4.98 Å². The summed E-state index contributed by atoms with van der Waals surface area (Å²) < 4.78 is 0. The van der Waals surface area contributed by atoms with Crippen LogP contribution >= 0.6 is 34.5 Å². The van der Waals surface area contributed by atoms with Crippen molar-refractivity contribution in [2.24, 2.45) is 0 Å². The Bertz CT molecular complexity index is 705. The number of hydrogen-bond donors (Lipinski definition) is 1. The molecule has 0 aliphatic heterocycles. The molecule has 0 aliphatic rings. The number of nitrogens with zero attached hydrogens (tertiary/aromatic N) is 1. The van der Waals surface area contributed by atoms with E-state index in [1.165, 1.54) is 10.4 Å². The summed E-state index contributed by atoms with van der Waals surface area (Å²) >= 11 is 13.2. The van der Waals surface area contributed by atoms with E-state index < -0.39 is 0 Å². The van der Waals surface area contributed by atoms with Crippen LogP contribution in [0.2, 0.25) is 5.02 Å². The van der Waals surface area contributed by atoms with Crippen molar-refractivity contribution >= 4 is 45.6 Å². The Kier molecular flexibility index (Phi) is 7.29. The summed E-state index contributed by atoms with van der Waals surface area (Å²) in [5.41, 5.74) is 2.13. The van der Waals surface area contributed by atoms with Gasteiger partial charge in [0.15, 0.2) is 5.13 Å². The quantitative estimate of drug-likeness (QED) is 0.456. The number of unbranched alkanes of at least 4 members (excludes halogenated alkanes) is 1. The molecule has 1 N–H and O–H groups in total. The van der Waals surface area contributed by atoms with Crippen molar-refractivity contribution in [3.05, 3.63) is 45.4 Å². The standard InChI is InChI=1S/C19H24Cl2N2OS/c1-19(2,3)17-15(12-13-7-9-14(21)10-8-13)25-18(23-17)22-16(24)6-4-5-11-20/h7-10H,4-6,11-12H2,1-3H3,(H,22,23,24). The predicted octanol–water partition coefficient (Wildman–Crippen LogP) is 6.03. The van der Waals surface area contributed by atoms with Gasteiger partial charge in [0.2, 0.25) is 5.91 Å². The van der Waals surface area contributed by atoms with Crippen LogP contribution in [0, 0.1) is 0 Å². The van der Waals surface area contributed by atoms with Crippen LogP contribution in [0.3, 0.4) is 0 Å². The summed E-state index contributed by atoms with van der Waals surface area (Å²) in [6.07, 6.45) is 2.90. The number of alkyl halides is 1. The van der Waals surface area contributed by atoms with Gasteiger partial charge in [-0.25, -0.2) is 4.98 Å². The van der Waals surface area contributed by atoms with Crippen LogP contribution in [-0.4, -0.2) is 16.8 Å². The molecule has 1 aromatic carbocycles. The first-order valence-corrected chi connectivity index (χ1v) is 10.1. The molecule has 1 heterocycles. The van der Waals surface area contributed by atoms with E-state index in [0.29, 0.717) is 17.4 Å². The molecule has 1 amide bonds. The fraction of sp³-hybridized carbons (Fsp3) is 0.474. The molecular weight excluding hydrogens is 375 g/mol. The van der Waals surface area contributed by atoms with E-state index in [4.69, 9.17) is 28.2 Å². The maximum atomic E-state index is 12.1. The number of halogens is 2. The second-order valence-corrected chi connectivity index (χ2v) is 8.94. The Hall–Kier alpha value is -1.10. The van der Waals surface area contributed by atoms with Crippen LogP contribution in [0.25, 0.3) is 0 Å². The van der Waals surface area contributed by atoms with Gasteiger partial charge in [-0.05, 0) is 30.5 Å². The van der Waals surface area contributed by atoms with E-state index in [-0.39, 0.29) is 11.3 Å². The van der Waals surface area contributed by atoms with Crippen molar-refractivity contribution in [3.63, 3.8) is 0 Å². The number of thiazole rings is 1. The number of nitrogens with one attached hydrogen (secondary N) is 1. The van der Waals surface area contributed by atoms with Gasteiger partial charge in [-0.15, -0.1) is 22.9 Å². The van der Waals surface area contributed by atoms with Gasteiger partial charge in [0.05, 0.1) is 5.69 Å². The number of carbonyl (C=O) groups excluding carboxylic acids is 1. The van der Waals surface area contributed by atoms with Gasteiger partial charge in [-0.1, -0.05) is 44.5 Å². The highest BCUT2D eigenvalue weighted by Crippen LogP contribution is 2.34. The van der Waals surface area contributed by atoms with Crippen LogP contribution in [-0.2, 0) is 16.6 Å². The van der Waals surface area contributed by atoms with E-state index >= 15 is 0 Å².